The first-order valence-electron chi connectivity index (χ1n) is 7.80. The van der Waals surface area contributed by atoms with Gasteiger partial charge in [0.25, 0.3) is 0 Å². The summed E-state index contributed by atoms with van der Waals surface area (Å²) in [5.74, 6) is 0.273. The Kier molecular flexibility index (Phi) is 6.21. The molecular formula is C17H25NO4. The topological polar surface area (TPSA) is 59.0 Å². The van der Waals surface area contributed by atoms with Gasteiger partial charge in [-0.2, -0.15) is 0 Å². The van der Waals surface area contributed by atoms with E-state index in [2.05, 4.69) is 18.7 Å². The molecule has 1 aliphatic rings. The molecule has 0 aromatic heterocycles. The molecule has 1 atom stereocenters. The molecule has 0 radical (unpaired) electrons. The van der Waals surface area contributed by atoms with Crippen LogP contribution in [-0.2, 0) is 16.1 Å². The third kappa shape index (κ3) is 5.66. The third-order valence-corrected chi connectivity index (χ3v) is 3.65. The summed E-state index contributed by atoms with van der Waals surface area (Å²) in [5, 5.41) is 8.59. The smallest absolute Gasteiger partial charge is 0.341 e. The molecule has 1 unspecified atom stereocenters. The maximum atomic E-state index is 10.5. The van der Waals surface area contributed by atoms with E-state index in [0.717, 1.165) is 32.7 Å². The van der Waals surface area contributed by atoms with Gasteiger partial charge in [-0.05, 0) is 30.0 Å². The summed E-state index contributed by atoms with van der Waals surface area (Å²) < 4.78 is 11.0. The number of aliphatic carboxylic acids is 1. The second-order valence-electron chi connectivity index (χ2n) is 6.18. The normalized spacial score (nSPS) is 19.3. The van der Waals surface area contributed by atoms with Crippen LogP contribution in [0.5, 0.6) is 5.75 Å². The standard InChI is InChI=1S/C17H25NO4/c1-13(2)9-16-11-18(7-8-21-16)10-14-3-5-15(6-4-14)22-12-17(19)20/h3-6,13,16H,7-12H2,1-2H3,(H,19,20). The Labute approximate surface area is 131 Å². The fourth-order valence-electron chi connectivity index (χ4n) is 2.69. The van der Waals surface area contributed by atoms with E-state index in [4.69, 9.17) is 14.6 Å². The van der Waals surface area contributed by atoms with E-state index in [0.29, 0.717) is 17.8 Å². The van der Waals surface area contributed by atoms with Gasteiger partial charge in [0.05, 0.1) is 12.7 Å². The second-order valence-corrected chi connectivity index (χ2v) is 6.18. The van der Waals surface area contributed by atoms with Crippen molar-refractivity contribution in [2.45, 2.75) is 32.9 Å². The van der Waals surface area contributed by atoms with Gasteiger partial charge in [0.1, 0.15) is 5.75 Å². The summed E-state index contributed by atoms with van der Waals surface area (Å²) in [4.78, 5) is 12.9. The summed E-state index contributed by atoms with van der Waals surface area (Å²) >= 11 is 0. The molecule has 0 bridgehead atoms. The number of hydrogen-bond donors (Lipinski definition) is 1. The van der Waals surface area contributed by atoms with Crippen LogP contribution >= 0.6 is 0 Å². The minimum Gasteiger partial charge on any atom is -0.482 e. The lowest BCUT2D eigenvalue weighted by Gasteiger charge is -2.33. The van der Waals surface area contributed by atoms with Crippen molar-refractivity contribution in [3.8, 4) is 5.75 Å². The third-order valence-electron chi connectivity index (χ3n) is 3.65. The summed E-state index contributed by atoms with van der Waals surface area (Å²) in [5.41, 5.74) is 1.20. The average Bonchev–Trinajstić information content (AvgIpc) is 2.46. The van der Waals surface area contributed by atoms with Crippen molar-refractivity contribution in [3.05, 3.63) is 29.8 Å². The Morgan fingerprint density at radius 3 is 2.77 bits per heavy atom. The zero-order valence-electron chi connectivity index (χ0n) is 13.3. The van der Waals surface area contributed by atoms with E-state index in [-0.39, 0.29) is 6.61 Å². The van der Waals surface area contributed by atoms with Gasteiger partial charge < -0.3 is 14.6 Å². The molecule has 0 aliphatic carbocycles. The number of hydrogen-bond acceptors (Lipinski definition) is 4. The molecule has 1 fully saturated rings. The van der Waals surface area contributed by atoms with Crippen LogP contribution in [0.3, 0.4) is 0 Å². The van der Waals surface area contributed by atoms with Crippen LogP contribution in [0.2, 0.25) is 0 Å². The van der Waals surface area contributed by atoms with Crippen molar-refractivity contribution < 1.29 is 19.4 Å². The molecule has 1 aromatic carbocycles. The maximum absolute atomic E-state index is 10.5. The molecular weight excluding hydrogens is 282 g/mol. The lowest BCUT2D eigenvalue weighted by molar-refractivity contribution is -0.139. The summed E-state index contributed by atoms with van der Waals surface area (Å²) in [6.45, 7) is 7.73. The monoisotopic (exact) mass is 307 g/mol. The van der Waals surface area contributed by atoms with Gasteiger partial charge in [0.15, 0.2) is 6.61 Å². The molecule has 2 rings (SSSR count). The van der Waals surface area contributed by atoms with Crippen LogP contribution in [0, 0.1) is 5.92 Å². The minimum atomic E-state index is -0.964. The zero-order valence-corrected chi connectivity index (χ0v) is 13.3. The first-order valence-corrected chi connectivity index (χ1v) is 7.80. The average molecular weight is 307 g/mol. The molecule has 5 heteroatoms. The highest BCUT2D eigenvalue weighted by Gasteiger charge is 2.21. The fraction of sp³-hybridized carbons (Fsp3) is 0.588. The van der Waals surface area contributed by atoms with E-state index in [1.165, 1.54) is 5.56 Å². The molecule has 22 heavy (non-hydrogen) atoms. The van der Waals surface area contributed by atoms with Crippen LogP contribution in [0.15, 0.2) is 24.3 Å². The first-order chi connectivity index (χ1) is 10.5. The Balaban J connectivity index is 1.83. The molecule has 1 heterocycles. The van der Waals surface area contributed by atoms with Crippen LogP contribution in [0.4, 0.5) is 0 Å². The van der Waals surface area contributed by atoms with Gasteiger partial charge in [-0.1, -0.05) is 26.0 Å². The number of carbonyl (C=O) groups is 1. The molecule has 1 aromatic rings. The van der Waals surface area contributed by atoms with E-state index >= 15 is 0 Å². The largest absolute Gasteiger partial charge is 0.482 e. The molecule has 0 amide bonds. The van der Waals surface area contributed by atoms with Crippen LogP contribution in [0.25, 0.3) is 0 Å². The van der Waals surface area contributed by atoms with E-state index in [1.807, 2.05) is 24.3 Å². The molecule has 1 N–H and O–H groups in total. The van der Waals surface area contributed by atoms with E-state index in [1.54, 1.807) is 0 Å². The van der Waals surface area contributed by atoms with Crippen LogP contribution in [-0.4, -0.2) is 48.4 Å². The molecule has 1 aliphatic heterocycles. The number of carboxylic acids is 1. The van der Waals surface area contributed by atoms with Gasteiger partial charge in [0, 0.05) is 19.6 Å². The highest BCUT2D eigenvalue weighted by molar-refractivity contribution is 5.68. The molecule has 122 valence electrons. The van der Waals surface area contributed by atoms with Crippen molar-refractivity contribution in [1.29, 1.82) is 0 Å². The lowest BCUT2D eigenvalue weighted by atomic mass is 10.0. The summed E-state index contributed by atoms with van der Waals surface area (Å²) in [6.07, 6.45) is 1.42. The van der Waals surface area contributed by atoms with Gasteiger partial charge in [-0.15, -0.1) is 0 Å². The highest BCUT2D eigenvalue weighted by atomic mass is 16.5. The van der Waals surface area contributed by atoms with Crippen molar-refractivity contribution in [1.82, 2.24) is 4.90 Å². The number of benzene rings is 1. The fourth-order valence-corrected chi connectivity index (χ4v) is 2.69. The van der Waals surface area contributed by atoms with E-state index < -0.39 is 5.97 Å². The number of rotatable bonds is 7. The predicted octanol–water partition coefficient (Wildman–Crippen LogP) is 2.40. The molecule has 5 nitrogen and oxygen atoms in total. The number of morpholine rings is 1. The summed E-state index contributed by atoms with van der Waals surface area (Å²) in [6, 6.07) is 7.63. The Morgan fingerprint density at radius 2 is 2.14 bits per heavy atom. The van der Waals surface area contributed by atoms with Crippen molar-refractivity contribution >= 4 is 5.97 Å². The first kappa shape index (κ1) is 16.8. The van der Waals surface area contributed by atoms with Crippen LogP contribution in [0.1, 0.15) is 25.8 Å². The Morgan fingerprint density at radius 1 is 1.41 bits per heavy atom. The number of ether oxygens (including phenoxy) is 2. The van der Waals surface area contributed by atoms with Crippen LogP contribution < -0.4 is 4.74 Å². The minimum absolute atomic E-state index is 0.306. The van der Waals surface area contributed by atoms with Gasteiger partial charge >= 0.3 is 5.97 Å². The lowest BCUT2D eigenvalue weighted by Crippen LogP contribution is -2.42. The van der Waals surface area contributed by atoms with Crippen molar-refractivity contribution in [2.75, 3.05) is 26.3 Å². The quantitative estimate of drug-likeness (QED) is 0.838. The molecule has 0 saturated carbocycles. The Hall–Kier alpha value is -1.59. The summed E-state index contributed by atoms with van der Waals surface area (Å²) in [7, 11) is 0. The molecule has 0 spiro atoms. The SMILES string of the molecule is CC(C)CC1CN(Cc2ccc(OCC(=O)O)cc2)CCO1. The van der Waals surface area contributed by atoms with Gasteiger partial charge in [-0.3, -0.25) is 4.90 Å². The zero-order chi connectivity index (χ0) is 15.9. The van der Waals surface area contributed by atoms with Crippen molar-refractivity contribution in [2.24, 2.45) is 5.92 Å². The highest BCUT2D eigenvalue weighted by Crippen LogP contribution is 2.18. The second kappa shape index (κ2) is 8.15. The van der Waals surface area contributed by atoms with E-state index in [9.17, 15) is 4.79 Å². The van der Waals surface area contributed by atoms with Gasteiger partial charge in [0.2, 0.25) is 0 Å². The van der Waals surface area contributed by atoms with Gasteiger partial charge in [-0.25, -0.2) is 4.79 Å². The number of carboxylic acid groups (broad SMARTS) is 1. The molecule has 1 saturated heterocycles. The Bertz CT molecular complexity index is 472. The van der Waals surface area contributed by atoms with Crippen molar-refractivity contribution in [3.63, 3.8) is 0 Å². The maximum Gasteiger partial charge on any atom is 0.341 e. The predicted molar refractivity (Wildman–Crippen MR) is 84.0 cm³/mol. The number of nitrogens with zero attached hydrogens (tertiary/aromatic N) is 1.